The van der Waals surface area contributed by atoms with E-state index in [1.165, 1.54) is 23.9 Å². The fourth-order valence-electron chi connectivity index (χ4n) is 4.00. The summed E-state index contributed by atoms with van der Waals surface area (Å²) in [5, 5.41) is 4.21. The highest BCUT2D eigenvalue weighted by atomic mass is 35.5. The number of nitrogens with one attached hydrogen (secondary N) is 1. The molecular weight excluding hydrogens is 507 g/mol. The Labute approximate surface area is 223 Å². The first-order valence-corrected chi connectivity index (χ1v) is 13.1. The zero-order chi connectivity index (χ0) is 25.9. The van der Waals surface area contributed by atoms with Crippen LogP contribution in [0.1, 0.15) is 32.6 Å². The topological polar surface area (TPSA) is 59.8 Å². The predicted octanol–water partition coefficient (Wildman–Crippen LogP) is 7.43. The summed E-state index contributed by atoms with van der Waals surface area (Å²) in [7, 11) is 0. The summed E-state index contributed by atoms with van der Waals surface area (Å²) in [5.41, 5.74) is 7.12. The van der Waals surface area contributed by atoms with Gasteiger partial charge >= 0.3 is 0 Å². The molecule has 0 aliphatic carbocycles. The average Bonchev–Trinajstić information content (AvgIpc) is 3.23. The smallest absolute Gasteiger partial charge is 0.255 e. The minimum absolute atomic E-state index is 0.148. The van der Waals surface area contributed by atoms with Gasteiger partial charge in [0.05, 0.1) is 23.8 Å². The van der Waals surface area contributed by atoms with Crippen LogP contribution < -0.4 is 5.32 Å². The molecule has 0 radical (unpaired) electrons. The summed E-state index contributed by atoms with van der Waals surface area (Å²) in [6.45, 7) is 4.53. The molecule has 5 rings (SSSR count). The molecule has 1 N–H and O–H groups in total. The lowest BCUT2D eigenvalue weighted by atomic mass is 10.1. The lowest BCUT2D eigenvalue weighted by molar-refractivity contribution is 0.102. The Morgan fingerprint density at radius 3 is 2.65 bits per heavy atom. The van der Waals surface area contributed by atoms with Gasteiger partial charge in [-0.1, -0.05) is 53.7 Å². The molecule has 0 aliphatic rings. The molecule has 0 unspecified atom stereocenters. The number of imidazole rings is 1. The fourth-order valence-corrected chi connectivity index (χ4v) is 5.33. The number of amides is 1. The number of aryl methyl sites for hydroxylation is 2. The Kier molecular flexibility index (Phi) is 7.26. The molecule has 8 heteroatoms. The van der Waals surface area contributed by atoms with E-state index in [0.29, 0.717) is 22.9 Å². The summed E-state index contributed by atoms with van der Waals surface area (Å²) in [6.07, 6.45) is 3.51. The molecule has 37 heavy (non-hydrogen) atoms. The maximum atomic E-state index is 13.4. The molecule has 5 nitrogen and oxygen atoms in total. The number of halogens is 2. The monoisotopic (exact) mass is 530 g/mol. The average molecular weight is 531 g/mol. The molecule has 5 aromatic rings. The van der Waals surface area contributed by atoms with Crippen molar-refractivity contribution in [3.05, 3.63) is 118 Å². The van der Waals surface area contributed by atoms with Crippen LogP contribution in [0.4, 0.5) is 10.1 Å². The van der Waals surface area contributed by atoms with Gasteiger partial charge < -0.3 is 9.88 Å². The van der Waals surface area contributed by atoms with E-state index in [-0.39, 0.29) is 11.7 Å². The number of carbonyl (C=O) groups is 1. The largest absolute Gasteiger partial charge is 0.322 e. The van der Waals surface area contributed by atoms with Crippen molar-refractivity contribution in [2.24, 2.45) is 0 Å². The molecule has 0 spiro atoms. The lowest BCUT2D eigenvalue weighted by Crippen LogP contribution is -2.13. The first kappa shape index (κ1) is 25.0. The number of nitrogens with zero attached hydrogens (tertiary/aromatic N) is 3. The van der Waals surface area contributed by atoms with Crippen LogP contribution in [0.2, 0.25) is 5.02 Å². The first-order chi connectivity index (χ1) is 17.9. The van der Waals surface area contributed by atoms with Crippen molar-refractivity contribution in [3.63, 3.8) is 0 Å². The number of hydrogen-bond donors (Lipinski definition) is 1. The van der Waals surface area contributed by atoms with Gasteiger partial charge in [0, 0.05) is 28.2 Å². The van der Waals surface area contributed by atoms with Gasteiger partial charge in [0.1, 0.15) is 5.82 Å². The molecule has 0 bridgehead atoms. The van der Waals surface area contributed by atoms with Crippen molar-refractivity contribution < 1.29 is 9.18 Å². The van der Waals surface area contributed by atoms with E-state index in [4.69, 9.17) is 16.6 Å². The van der Waals surface area contributed by atoms with Crippen LogP contribution in [0, 0.1) is 19.7 Å². The maximum Gasteiger partial charge on any atom is 0.255 e. The zero-order valence-electron chi connectivity index (χ0n) is 20.3. The minimum atomic E-state index is -0.358. The van der Waals surface area contributed by atoms with Crippen molar-refractivity contribution in [2.45, 2.75) is 31.3 Å². The van der Waals surface area contributed by atoms with Gasteiger partial charge in [-0.2, -0.15) is 0 Å². The predicted molar refractivity (Wildman–Crippen MR) is 148 cm³/mol. The number of rotatable bonds is 7. The molecule has 186 valence electrons. The van der Waals surface area contributed by atoms with E-state index in [1.807, 2.05) is 62.4 Å². The van der Waals surface area contributed by atoms with Crippen molar-refractivity contribution in [3.8, 4) is 0 Å². The van der Waals surface area contributed by atoms with Gasteiger partial charge in [-0.25, -0.2) is 9.37 Å². The molecule has 0 atom stereocenters. The number of benzene rings is 3. The van der Waals surface area contributed by atoms with Gasteiger partial charge in [0.15, 0.2) is 5.16 Å². The normalized spacial score (nSPS) is 11.1. The molecule has 0 saturated heterocycles. The lowest BCUT2D eigenvalue weighted by Gasteiger charge is -2.11. The van der Waals surface area contributed by atoms with Crippen LogP contribution in [0.3, 0.4) is 0 Å². The summed E-state index contributed by atoms with van der Waals surface area (Å²) in [5.74, 6) is 0.0426. The molecule has 0 fully saturated rings. The quantitative estimate of drug-likeness (QED) is 0.222. The summed E-state index contributed by atoms with van der Waals surface area (Å²) < 4.78 is 15.5. The second kappa shape index (κ2) is 10.7. The molecule has 1 amide bonds. The number of hydrogen-bond acceptors (Lipinski definition) is 4. The van der Waals surface area contributed by atoms with E-state index >= 15 is 0 Å². The number of carbonyl (C=O) groups excluding carboxylic acids is 1. The van der Waals surface area contributed by atoms with Crippen LogP contribution in [0.25, 0.3) is 11.0 Å². The third kappa shape index (κ3) is 5.68. The Morgan fingerprint density at radius 2 is 1.86 bits per heavy atom. The van der Waals surface area contributed by atoms with Crippen LogP contribution in [0.15, 0.2) is 84.3 Å². The summed E-state index contributed by atoms with van der Waals surface area (Å²) in [6, 6.07) is 19.9. The van der Waals surface area contributed by atoms with Crippen LogP contribution in [0.5, 0.6) is 0 Å². The van der Waals surface area contributed by atoms with Crippen molar-refractivity contribution in [1.29, 1.82) is 0 Å². The van der Waals surface area contributed by atoms with Gasteiger partial charge in [0.25, 0.3) is 5.91 Å². The highest BCUT2D eigenvalue weighted by molar-refractivity contribution is 7.98. The van der Waals surface area contributed by atoms with Crippen molar-refractivity contribution >= 4 is 46.0 Å². The van der Waals surface area contributed by atoms with Gasteiger partial charge in [-0.3, -0.25) is 9.78 Å². The Morgan fingerprint density at radius 1 is 1.05 bits per heavy atom. The molecular formula is C29H24ClFN4OS. The third-order valence-electron chi connectivity index (χ3n) is 6.09. The van der Waals surface area contributed by atoms with Crippen molar-refractivity contribution in [2.75, 3.05) is 5.32 Å². The Bertz CT molecular complexity index is 1600. The standard InChI is InChI=1S/C29H24ClFN4OS/c1-18-3-4-19(2)26(13-18)33-28(36)21-7-5-20(6-8-21)16-35-27-15-32-12-11-25(27)34-29(35)37-17-22-9-10-23(31)14-24(22)30/h3-15H,16-17H2,1-2H3,(H,33,36). The number of anilines is 1. The van der Waals surface area contributed by atoms with E-state index in [9.17, 15) is 9.18 Å². The maximum absolute atomic E-state index is 13.4. The van der Waals surface area contributed by atoms with Crippen LogP contribution >= 0.6 is 23.4 Å². The Hall–Kier alpha value is -3.68. The van der Waals surface area contributed by atoms with Gasteiger partial charge in [-0.15, -0.1) is 0 Å². The highest BCUT2D eigenvalue weighted by Gasteiger charge is 2.14. The first-order valence-electron chi connectivity index (χ1n) is 11.7. The SMILES string of the molecule is Cc1ccc(C)c(NC(=O)c2ccc(Cn3c(SCc4ccc(F)cc4Cl)nc4ccncc43)cc2)c1. The minimum Gasteiger partial charge on any atom is -0.322 e. The molecule has 2 aromatic heterocycles. The van der Waals surface area contributed by atoms with Gasteiger partial charge in [-0.05, 0) is 72.5 Å². The summed E-state index contributed by atoms with van der Waals surface area (Å²) in [4.78, 5) is 21.9. The zero-order valence-corrected chi connectivity index (χ0v) is 21.9. The number of fused-ring (bicyclic) bond motifs is 1. The molecule has 0 saturated carbocycles. The second-order valence-electron chi connectivity index (χ2n) is 8.84. The number of aromatic nitrogens is 3. The number of thioether (sulfide) groups is 1. The summed E-state index contributed by atoms with van der Waals surface area (Å²) >= 11 is 7.76. The molecule has 3 aromatic carbocycles. The van der Waals surface area contributed by atoms with E-state index in [2.05, 4.69) is 14.9 Å². The van der Waals surface area contributed by atoms with E-state index in [0.717, 1.165) is 44.1 Å². The second-order valence-corrected chi connectivity index (χ2v) is 10.2. The number of pyridine rings is 1. The third-order valence-corrected chi connectivity index (χ3v) is 7.46. The van der Waals surface area contributed by atoms with Crippen LogP contribution in [-0.4, -0.2) is 20.4 Å². The molecule has 0 aliphatic heterocycles. The Balaban J connectivity index is 1.35. The fraction of sp³-hybridized carbons (Fsp3) is 0.138. The highest BCUT2D eigenvalue weighted by Crippen LogP contribution is 2.30. The van der Waals surface area contributed by atoms with Gasteiger partial charge in [0.2, 0.25) is 0 Å². The van der Waals surface area contributed by atoms with Crippen molar-refractivity contribution in [1.82, 2.24) is 14.5 Å². The molecule has 2 heterocycles. The van der Waals surface area contributed by atoms with E-state index in [1.54, 1.807) is 18.5 Å². The van der Waals surface area contributed by atoms with Crippen LogP contribution in [-0.2, 0) is 12.3 Å². The van der Waals surface area contributed by atoms with E-state index < -0.39 is 0 Å².